The fourth-order valence-electron chi connectivity index (χ4n) is 2.61. The number of benzene rings is 1. The maximum absolute atomic E-state index is 10.1. The van der Waals surface area contributed by atoms with Crippen molar-refractivity contribution < 1.29 is 25.2 Å². The summed E-state index contributed by atoms with van der Waals surface area (Å²) in [5.41, 5.74) is 6.26. The number of nitrogens with two attached hydrogens (primary N) is 1. The third kappa shape index (κ3) is 3.76. The lowest BCUT2D eigenvalue weighted by molar-refractivity contribution is -0.230. The second-order valence-corrected chi connectivity index (χ2v) is 5.14. The highest BCUT2D eigenvalue weighted by atomic mass is 127. The lowest BCUT2D eigenvalue weighted by Gasteiger charge is -2.43. The third-order valence-corrected chi connectivity index (χ3v) is 3.75. The zero-order valence-electron chi connectivity index (χ0n) is 11.7. The average Bonchev–Trinajstić information content (AvgIpc) is 2.48. The van der Waals surface area contributed by atoms with Crippen molar-refractivity contribution >= 4 is 29.8 Å². The summed E-state index contributed by atoms with van der Waals surface area (Å²) >= 11 is 0. The Bertz CT molecular complexity index is 487. The molecular weight excluding hydrogens is 403 g/mol. The van der Waals surface area contributed by atoms with Crippen molar-refractivity contribution in [3.8, 4) is 0 Å². The summed E-state index contributed by atoms with van der Waals surface area (Å²) in [4.78, 5) is 0. The van der Waals surface area contributed by atoms with Crippen LogP contribution in [0.2, 0.25) is 0 Å². The van der Waals surface area contributed by atoms with Crippen molar-refractivity contribution in [3.05, 3.63) is 35.9 Å². The van der Waals surface area contributed by atoms with E-state index in [1.54, 1.807) is 30.3 Å². The zero-order valence-corrected chi connectivity index (χ0v) is 14.1. The molecule has 1 unspecified atom stereocenters. The molecule has 0 aliphatic carbocycles. The molecule has 7 N–H and O–H groups in total. The van der Waals surface area contributed by atoms with Gasteiger partial charge < -0.3 is 30.9 Å². The Morgan fingerprint density at radius 1 is 1.14 bits per heavy atom. The smallest absolute Gasteiger partial charge is 0.111 e. The minimum absolute atomic E-state index is 0. The normalized spacial score (nSPS) is 32.8. The van der Waals surface area contributed by atoms with Crippen LogP contribution in [-0.4, -0.2) is 63.4 Å². The van der Waals surface area contributed by atoms with Crippen LogP contribution in [-0.2, 0) is 4.74 Å². The van der Waals surface area contributed by atoms with Crippen LogP contribution in [0.3, 0.4) is 0 Å². The van der Waals surface area contributed by atoms with Gasteiger partial charge in [-0.2, -0.15) is 0 Å². The zero-order chi connectivity index (χ0) is 15.6. The highest BCUT2D eigenvalue weighted by Crippen LogP contribution is 2.31. The molecular formula is C14H21IN2O5. The summed E-state index contributed by atoms with van der Waals surface area (Å²) in [6.07, 6.45) is -6.37. The molecule has 0 bridgehead atoms. The second-order valence-electron chi connectivity index (χ2n) is 5.14. The van der Waals surface area contributed by atoms with E-state index in [2.05, 4.69) is 0 Å². The summed E-state index contributed by atoms with van der Waals surface area (Å²) < 4.78 is 5.48. The van der Waals surface area contributed by atoms with Gasteiger partial charge in [-0.05, 0) is 5.56 Å². The Hall–Kier alpha value is -0.780. The topological polar surface area (TPSA) is 140 Å². The van der Waals surface area contributed by atoms with E-state index in [0.717, 1.165) is 0 Å². The van der Waals surface area contributed by atoms with Crippen LogP contribution in [0.15, 0.2) is 30.3 Å². The number of rotatable bonds is 4. The Kier molecular flexibility index (Phi) is 7.16. The van der Waals surface area contributed by atoms with E-state index in [9.17, 15) is 20.4 Å². The third-order valence-electron chi connectivity index (χ3n) is 3.75. The van der Waals surface area contributed by atoms with Crippen LogP contribution in [0.1, 0.15) is 11.5 Å². The first-order chi connectivity index (χ1) is 9.97. The second kappa shape index (κ2) is 8.18. The molecule has 22 heavy (non-hydrogen) atoms. The molecule has 1 heterocycles. The van der Waals surface area contributed by atoms with Gasteiger partial charge in [-0.25, -0.2) is 0 Å². The van der Waals surface area contributed by atoms with Crippen LogP contribution in [0.25, 0.3) is 0 Å². The van der Waals surface area contributed by atoms with Gasteiger partial charge in [0, 0.05) is 0 Å². The van der Waals surface area contributed by atoms with E-state index < -0.39 is 43.0 Å². The molecule has 1 fully saturated rings. The van der Waals surface area contributed by atoms with E-state index in [-0.39, 0.29) is 29.8 Å². The summed E-state index contributed by atoms with van der Waals surface area (Å²) in [6.45, 7) is -0.513. The van der Waals surface area contributed by atoms with Gasteiger partial charge in [0.2, 0.25) is 0 Å². The molecule has 2 rings (SSSR count). The highest BCUT2D eigenvalue weighted by Gasteiger charge is 2.47. The highest BCUT2D eigenvalue weighted by molar-refractivity contribution is 14.0. The van der Waals surface area contributed by atoms with Gasteiger partial charge in [-0.1, -0.05) is 30.3 Å². The first kappa shape index (κ1) is 19.3. The lowest BCUT2D eigenvalue weighted by Crippen LogP contribution is -2.61. The predicted molar refractivity (Wildman–Crippen MR) is 90.3 cm³/mol. The molecule has 8 heteroatoms. The van der Waals surface area contributed by atoms with E-state index in [4.69, 9.17) is 15.9 Å². The number of amidine groups is 1. The minimum Gasteiger partial charge on any atom is -0.394 e. The molecule has 1 saturated heterocycles. The number of nitrogens with one attached hydrogen (secondary N) is 1. The van der Waals surface area contributed by atoms with Gasteiger partial charge in [0.1, 0.15) is 36.4 Å². The first-order valence-corrected chi connectivity index (χ1v) is 6.66. The fourth-order valence-corrected chi connectivity index (χ4v) is 2.61. The minimum atomic E-state index is -1.48. The number of ether oxygens (including phenoxy) is 1. The van der Waals surface area contributed by atoms with E-state index >= 15 is 0 Å². The largest absolute Gasteiger partial charge is 0.394 e. The monoisotopic (exact) mass is 424 g/mol. The average molecular weight is 424 g/mol. The molecule has 1 aliphatic rings. The predicted octanol–water partition coefficient (Wildman–Crippen LogP) is -0.833. The quantitative estimate of drug-likeness (QED) is 0.212. The van der Waals surface area contributed by atoms with Crippen LogP contribution in [0.4, 0.5) is 0 Å². The SMILES string of the molecule is I.N=C(N)C(c1ccccc1)[C@@H]1O[C@H](CO)[C@@H](O)[C@H](O)[C@H]1O. The van der Waals surface area contributed by atoms with Gasteiger partial charge in [0.25, 0.3) is 0 Å². The van der Waals surface area contributed by atoms with Crippen LogP contribution < -0.4 is 5.73 Å². The van der Waals surface area contributed by atoms with Gasteiger partial charge in [-0.15, -0.1) is 24.0 Å². The van der Waals surface area contributed by atoms with E-state index in [1.165, 1.54) is 0 Å². The molecule has 1 aromatic carbocycles. The molecule has 0 amide bonds. The van der Waals surface area contributed by atoms with Crippen molar-refractivity contribution in [3.63, 3.8) is 0 Å². The summed E-state index contributed by atoms with van der Waals surface area (Å²) in [7, 11) is 0. The van der Waals surface area contributed by atoms with Crippen molar-refractivity contribution in [2.45, 2.75) is 36.4 Å². The molecule has 0 spiro atoms. The fraction of sp³-hybridized carbons (Fsp3) is 0.500. The molecule has 7 nitrogen and oxygen atoms in total. The van der Waals surface area contributed by atoms with Crippen molar-refractivity contribution in [1.82, 2.24) is 0 Å². The first-order valence-electron chi connectivity index (χ1n) is 6.66. The lowest BCUT2D eigenvalue weighted by atomic mass is 9.83. The van der Waals surface area contributed by atoms with Gasteiger partial charge in [0.05, 0.1) is 12.5 Å². The van der Waals surface area contributed by atoms with Crippen LogP contribution >= 0.6 is 24.0 Å². The number of halogens is 1. The van der Waals surface area contributed by atoms with Gasteiger partial charge in [-0.3, -0.25) is 5.41 Å². The maximum atomic E-state index is 10.1. The standard InChI is InChI=1S/C14H20N2O5.HI/c15-14(16)9(7-4-2-1-3-5-7)13-12(20)11(19)10(18)8(6-17)21-13;/h1-5,8-13,17-20H,6H2,(H3,15,16);1H/t8-,9?,10-,11+,12-,13+;/m1./s1. The number of hydrogen-bond donors (Lipinski definition) is 6. The molecule has 6 atom stereocenters. The van der Waals surface area contributed by atoms with E-state index in [0.29, 0.717) is 5.56 Å². The maximum Gasteiger partial charge on any atom is 0.111 e. The molecule has 0 radical (unpaired) electrons. The summed E-state index contributed by atoms with van der Waals surface area (Å²) in [5, 5.41) is 46.7. The molecule has 1 aromatic rings. The molecule has 124 valence electrons. The number of aliphatic hydroxyl groups excluding tert-OH is 4. The Morgan fingerprint density at radius 2 is 1.73 bits per heavy atom. The number of hydrogen-bond acceptors (Lipinski definition) is 6. The van der Waals surface area contributed by atoms with Gasteiger partial charge >= 0.3 is 0 Å². The van der Waals surface area contributed by atoms with E-state index in [1.807, 2.05) is 0 Å². The van der Waals surface area contributed by atoms with Crippen LogP contribution in [0, 0.1) is 5.41 Å². The van der Waals surface area contributed by atoms with Crippen molar-refractivity contribution in [2.75, 3.05) is 6.61 Å². The summed E-state index contributed by atoms with van der Waals surface area (Å²) in [5.74, 6) is -1.01. The van der Waals surface area contributed by atoms with Gasteiger partial charge in [0.15, 0.2) is 0 Å². The molecule has 1 aliphatic heterocycles. The summed E-state index contributed by atoms with van der Waals surface area (Å²) in [6, 6.07) is 8.78. The molecule has 0 aromatic heterocycles. The van der Waals surface area contributed by atoms with Crippen molar-refractivity contribution in [1.29, 1.82) is 5.41 Å². The van der Waals surface area contributed by atoms with Crippen molar-refractivity contribution in [2.24, 2.45) is 5.73 Å². The number of aliphatic hydroxyl groups is 4. The molecule has 0 saturated carbocycles. The Balaban J connectivity index is 0.00000242. The van der Waals surface area contributed by atoms with Crippen LogP contribution in [0.5, 0.6) is 0 Å². The Labute approximate surface area is 145 Å². The Morgan fingerprint density at radius 3 is 2.23 bits per heavy atom.